The van der Waals surface area contributed by atoms with Crippen LogP contribution in [0.5, 0.6) is 0 Å². The molecule has 102 valence electrons. The molecule has 2 rings (SSSR count). The Morgan fingerprint density at radius 2 is 1.79 bits per heavy atom. The van der Waals surface area contributed by atoms with Gasteiger partial charge in [0.25, 0.3) is 0 Å². The first-order valence-electron chi connectivity index (χ1n) is 7.33. The van der Waals surface area contributed by atoms with Crippen LogP contribution in [0, 0.1) is 0 Å². The van der Waals surface area contributed by atoms with Crippen LogP contribution in [0.4, 0.5) is 0 Å². The van der Waals surface area contributed by atoms with Crippen molar-refractivity contribution in [3.8, 4) is 0 Å². The molecule has 0 atom stereocenters. The van der Waals surface area contributed by atoms with Gasteiger partial charge in [-0.3, -0.25) is 4.79 Å². The van der Waals surface area contributed by atoms with Gasteiger partial charge >= 0.3 is 0 Å². The molecule has 0 fully saturated rings. The third-order valence-electron chi connectivity index (χ3n) is 3.46. The summed E-state index contributed by atoms with van der Waals surface area (Å²) in [4.78, 5) is 12.0. The van der Waals surface area contributed by atoms with E-state index >= 15 is 0 Å². The van der Waals surface area contributed by atoms with E-state index in [-0.39, 0.29) is 5.78 Å². The largest absolute Gasteiger partial charge is 0.453 e. The van der Waals surface area contributed by atoms with Crippen molar-refractivity contribution >= 4 is 16.8 Å². The Balaban J connectivity index is 1.79. The van der Waals surface area contributed by atoms with Crippen LogP contribution in [-0.2, 0) is 0 Å². The Labute approximate surface area is 114 Å². The molecule has 1 aromatic carbocycles. The summed E-state index contributed by atoms with van der Waals surface area (Å²) in [5.74, 6) is 0.640. The van der Waals surface area contributed by atoms with Crippen LogP contribution < -0.4 is 0 Å². The van der Waals surface area contributed by atoms with Gasteiger partial charge in [0.2, 0.25) is 0 Å². The van der Waals surface area contributed by atoms with Crippen LogP contribution in [0.3, 0.4) is 0 Å². The van der Waals surface area contributed by atoms with E-state index in [2.05, 4.69) is 6.92 Å². The lowest BCUT2D eigenvalue weighted by atomic mass is 10.1. The minimum absolute atomic E-state index is 0.131. The average molecular weight is 258 g/mol. The molecule has 0 bridgehead atoms. The number of fused-ring (bicyclic) bond motifs is 1. The van der Waals surface area contributed by atoms with E-state index in [0.29, 0.717) is 12.2 Å². The van der Waals surface area contributed by atoms with Crippen molar-refractivity contribution in [2.45, 2.75) is 51.9 Å². The molecule has 1 aromatic heterocycles. The van der Waals surface area contributed by atoms with Crippen LogP contribution in [0.2, 0.25) is 0 Å². The predicted molar refractivity (Wildman–Crippen MR) is 78.5 cm³/mol. The molecule has 0 spiro atoms. The fourth-order valence-corrected chi connectivity index (χ4v) is 2.31. The second-order valence-electron chi connectivity index (χ2n) is 5.09. The van der Waals surface area contributed by atoms with Crippen LogP contribution in [0.1, 0.15) is 62.4 Å². The fraction of sp³-hybridized carbons (Fsp3) is 0.471. The van der Waals surface area contributed by atoms with E-state index in [4.69, 9.17) is 4.42 Å². The van der Waals surface area contributed by atoms with E-state index < -0.39 is 0 Å². The van der Waals surface area contributed by atoms with Crippen molar-refractivity contribution in [2.75, 3.05) is 0 Å². The maximum absolute atomic E-state index is 12.0. The lowest BCUT2D eigenvalue weighted by molar-refractivity contribution is 0.0954. The number of hydrogen-bond acceptors (Lipinski definition) is 2. The summed E-state index contributed by atoms with van der Waals surface area (Å²) in [5.41, 5.74) is 0.800. The van der Waals surface area contributed by atoms with Gasteiger partial charge in [-0.15, -0.1) is 0 Å². The molecule has 1 heterocycles. The van der Waals surface area contributed by atoms with Gasteiger partial charge in [0.05, 0.1) is 0 Å². The third kappa shape index (κ3) is 3.95. The molecule has 2 aromatic rings. The molecule has 2 nitrogen and oxygen atoms in total. The zero-order valence-corrected chi connectivity index (χ0v) is 11.7. The van der Waals surface area contributed by atoms with E-state index in [1.165, 1.54) is 25.7 Å². The number of unbranched alkanes of at least 4 members (excludes halogenated alkanes) is 5. The van der Waals surface area contributed by atoms with E-state index in [9.17, 15) is 4.79 Å². The quantitative estimate of drug-likeness (QED) is 0.471. The molecule has 0 aliphatic heterocycles. The molecule has 19 heavy (non-hydrogen) atoms. The van der Waals surface area contributed by atoms with Crippen LogP contribution in [0.15, 0.2) is 34.7 Å². The highest BCUT2D eigenvalue weighted by Gasteiger charge is 2.11. The predicted octanol–water partition coefficient (Wildman–Crippen LogP) is 5.37. The molecule has 0 saturated heterocycles. The zero-order valence-electron chi connectivity index (χ0n) is 11.7. The molecule has 0 N–H and O–H groups in total. The van der Waals surface area contributed by atoms with Crippen LogP contribution in [0.25, 0.3) is 11.0 Å². The Bertz CT molecular complexity index is 492. The standard InChI is InChI=1S/C17H22O2/c1-2-3-4-5-6-7-11-15(18)17-13-14-10-8-9-12-16(14)19-17/h8-10,12-13H,2-7,11H2,1H3. The summed E-state index contributed by atoms with van der Waals surface area (Å²) < 4.78 is 5.58. The molecule has 0 saturated carbocycles. The second-order valence-corrected chi connectivity index (χ2v) is 5.09. The second kappa shape index (κ2) is 7.13. The number of Topliss-reactive ketones (excluding diaryl/α,β-unsaturated/α-hetero) is 1. The first-order chi connectivity index (χ1) is 9.31. The first-order valence-corrected chi connectivity index (χ1v) is 7.33. The molecule has 0 amide bonds. The van der Waals surface area contributed by atoms with Crippen molar-refractivity contribution in [1.82, 2.24) is 0 Å². The smallest absolute Gasteiger partial charge is 0.198 e. The molecular weight excluding hydrogens is 236 g/mol. The number of carbonyl (C=O) groups excluding carboxylic acids is 1. The summed E-state index contributed by atoms with van der Waals surface area (Å²) in [6.45, 7) is 2.21. The highest BCUT2D eigenvalue weighted by atomic mass is 16.3. The summed E-state index contributed by atoms with van der Waals surface area (Å²) in [6.07, 6.45) is 7.81. The minimum Gasteiger partial charge on any atom is -0.453 e. The Kier molecular flexibility index (Phi) is 5.20. The highest BCUT2D eigenvalue weighted by molar-refractivity contribution is 5.97. The number of furan rings is 1. The zero-order chi connectivity index (χ0) is 13.5. The molecule has 2 heteroatoms. The number of ketones is 1. The van der Waals surface area contributed by atoms with Crippen molar-refractivity contribution in [2.24, 2.45) is 0 Å². The Morgan fingerprint density at radius 3 is 2.58 bits per heavy atom. The van der Waals surface area contributed by atoms with E-state index in [1.54, 1.807) is 0 Å². The lowest BCUT2D eigenvalue weighted by Crippen LogP contribution is -1.96. The summed E-state index contributed by atoms with van der Waals surface area (Å²) in [7, 11) is 0. The minimum atomic E-state index is 0.131. The van der Waals surface area contributed by atoms with E-state index in [1.807, 2.05) is 30.3 Å². The summed E-state index contributed by atoms with van der Waals surface area (Å²) in [5, 5.41) is 1.01. The van der Waals surface area contributed by atoms with Gasteiger partial charge in [0.15, 0.2) is 11.5 Å². The molecular formula is C17H22O2. The lowest BCUT2D eigenvalue weighted by Gasteiger charge is -1.99. The van der Waals surface area contributed by atoms with Crippen LogP contribution in [-0.4, -0.2) is 5.78 Å². The van der Waals surface area contributed by atoms with Gasteiger partial charge in [0.1, 0.15) is 5.58 Å². The normalized spacial score (nSPS) is 11.0. The van der Waals surface area contributed by atoms with Crippen molar-refractivity contribution in [3.63, 3.8) is 0 Å². The molecule has 0 aliphatic carbocycles. The van der Waals surface area contributed by atoms with Gasteiger partial charge in [-0.1, -0.05) is 57.2 Å². The van der Waals surface area contributed by atoms with Gasteiger partial charge in [-0.25, -0.2) is 0 Å². The SMILES string of the molecule is CCCCCCCCC(=O)c1cc2ccccc2o1. The van der Waals surface area contributed by atoms with Gasteiger partial charge < -0.3 is 4.42 Å². The fourth-order valence-electron chi connectivity index (χ4n) is 2.31. The Morgan fingerprint density at radius 1 is 1.05 bits per heavy atom. The van der Waals surface area contributed by atoms with Gasteiger partial charge in [-0.2, -0.15) is 0 Å². The maximum atomic E-state index is 12.0. The number of para-hydroxylation sites is 1. The monoisotopic (exact) mass is 258 g/mol. The maximum Gasteiger partial charge on any atom is 0.198 e. The summed E-state index contributed by atoms with van der Waals surface area (Å²) in [6, 6.07) is 9.61. The summed E-state index contributed by atoms with van der Waals surface area (Å²) >= 11 is 0. The first kappa shape index (κ1) is 13.9. The van der Waals surface area contributed by atoms with Gasteiger partial charge in [-0.05, 0) is 18.6 Å². The number of carbonyl (C=O) groups is 1. The highest BCUT2D eigenvalue weighted by Crippen LogP contribution is 2.20. The average Bonchev–Trinajstić information content (AvgIpc) is 2.86. The van der Waals surface area contributed by atoms with Crippen LogP contribution >= 0.6 is 0 Å². The molecule has 0 radical (unpaired) electrons. The van der Waals surface area contributed by atoms with Crippen molar-refractivity contribution in [3.05, 3.63) is 36.1 Å². The number of benzene rings is 1. The molecule has 0 unspecified atom stereocenters. The topological polar surface area (TPSA) is 30.2 Å². The number of hydrogen-bond donors (Lipinski definition) is 0. The van der Waals surface area contributed by atoms with Gasteiger partial charge in [0, 0.05) is 11.8 Å². The van der Waals surface area contributed by atoms with Crippen molar-refractivity contribution < 1.29 is 9.21 Å². The third-order valence-corrected chi connectivity index (χ3v) is 3.46. The van der Waals surface area contributed by atoms with E-state index in [0.717, 1.165) is 23.8 Å². The van der Waals surface area contributed by atoms with Crippen molar-refractivity contribution in [1.29, 1.82) is 0 Å². The number of rotatable bonds is 8. The Hall–Kier alpha value is -1.57. The molecule has 0 aliphatic rings.